The molecule has 0 saturated heterocycles. The summed E-state index contributed by atoms with van der Waals surface area (Å²) in [6.07, 6.45) is 26.3. The highest BCUT2D eigenvalue weighted by atomic mass is 14.7. The summed E-state index contributed by atoms with van der Waals surface area (Å²) in [4.78, 5) is 9.65. The van der Waals surface area contributed by atoms with Gasteiger partial charge in [-0.2, -0.15) is 0 Å². The molecule has 6 aromatic rings. The topological polar surface area (TPSA) is 130 Å². The molecule has 4 aromatic carbocycles. The van der Waals surface area contributed by atoms with Gasteiger partial charge in [0.2, 0.25) is 0 Å². The summed E-state index contributed by atoms with van der Waals surface area (Å²) in [5.41, 5.74) is 33.6. The Bertz CT molecular complexity index is 2510. The fourth-order valence-corrected chi connectivity index (χ4v) is 6.68. The molecule has 0 bridgehead atoms. The predicted molar refractivity (Wildman–Crippen MR) is 231 cm³/mol. The van der Waals surface area contributed by atoms with Crippen LogP contribution in [-0.4, -0.2) is 9.97 Å². The minimum absolute atomic E-state index is 0.649. The molecule has 6 nitrogen and oxygen atoms in total. The van der Waals surface area contributed by atoms with E-state index >= 15 is 0 Å². The number of benzene rings is 4. The summed E-state index contributed by atoms with van der Waals surface area (Å²) in [5.74, 6) is 0. The van der Waals surface area contributed by atoms with E-state index in [4.69, 9.17) is 27.9 Å². The summed E-state index contributed by atoms with van der Waals surface area (Å²) in [5, 5.41) is 7.07. The first-order valence-corrected chi connectivity index (χ1v) is 18.4. The molecular formula is C48H48N6. The van der Waals surface area contributed by atoms with Gasteiger partial charge in [-0.05, 0) is 149 Å². The van der Waals surface area contributed by atoms with Crippen LogP contribution in [0.1, 0.15) is 44.2 Å². The number of aryl methyl sites for hydroxylation is 1. The van der Waals surface area contributed by atoms with Crippen LogP contribution in [0.15, 0.2) is 175 Å². The van der Waals surface area contributed by atoms with Gasteiger partial charge in [-0.15, -0.1) is 0 Å². The lowest BCUT2D eigenvalue weighted by Gasteiger charge is -2.14. The molecule has 8 N–H and O–H groups in total. The second-order valence-electron chi connectivity index (χ2n) is 13.3. The van der Waals surface area contributed by atoms with E-state index in [1.165, 1.54) is 27.1 Å². The Kier molecular flexibility index (Phi) is 12.2. The van der Waals surface area contributed by atoms with Crippen LogP contribution in [-0.2, 0) is 6.42 Å². The zero-order valence-corrected chi connectivity index (χ0v) is 31.0. The Hall–Kier alpha value is -6.66. The van der Waals surface area contributed by atoms with Crippen molar-refractivity contribution in [2.75, 3.05) is 0 Å². The van der Waals surface area contributed by atoms with Gasteiger partial charge in [0.15, 0.2) is 0 Å². The van der Waals surface area contributed by atoms with Gasteiger partial charge in [-0.1, -0.05) is 91.1 Å². The quantitative estimate of drug-likeness (QED) is 0.0537. The van der Waals surface area contributed by atoms with Crippen LogP contribution in [0, 0.1) is 0 Å². The lowest BCUT2D eigenvalue weighted by atomic mass is 9.91. The zero-order chi connectivity index (χ0) is 37.9. The summed E-state index contributed by atoms with van der Waals surface area (Å²) < 4.78 is 0. The highest BCUT2D eigenvalue weighted by molar-refractivity contribution is 6.26. The van der Waals surface area contributed by atoms with Crippen LogP contribution >= 0.6 is 0 Å². The normalized spacial score (nSPS) is 13.4. The molecule has 54 heavy (non-hydrogen) atoms. The standard InChI is InChI=1S/C48H48N6/c1-3-4-17-45(51)33(2)26-34(30-50)13-7-10-18-46(52)36-21-23-41-39-15-8-9-16-40(39)42-24-22-37(29-44(42)43(41)28-36)47-19-12-20-48(54-47)38-27-35(31-53-32-38)14-6-5-11-25-49/h3-4,7-12,15-32H,5-6,13-14,49-52H2,1-2H3/b4-3-,10-7-,25-11-,33-26+,34-30-,45-17-,46-18-. The van der Waals surface area contributed by atoms with Gasteiger partial charge < -0.3 is 22.9 Å². The van der Waals surface area contributed by atoms with Gasteiger partial charge in [0.05, 0.1) is 11.4 Å². The van der Waals surface area contributed by atoms with Crippen molar-refractivity contribution in [1.82, 2.24) is 9.97 Å². The monoisotopic (exact) mass is 708 g/mol. The van der Waals surface area contributed by atoms with Crippen molar-refractivity contribution in [2.45, 2.75) is 39.5 Å². The van der Waals surface area contributed by atoms with E-state index in [1.54, 1.807) is 12.4 Å². The SMILES string of the molecule is C\C=C/C=C(N)/C(C)=C/C(=C\N)C/C=C\C=C(/N)c1ccc2c3ccccc3c3ccc(-c4cccc(-c5cncc(CCC/C=C\N)c5)n4)cc3c2c1. The van der Waals surface area contributed by atoms with Gasteiger partial charge >= 0.3 is 0 Å². The minimum Gasteiger partial charge on any atom is -0.405 e. The number of rotatable bonds is 13. The molecule has 0 fully saturated rings. The van der Waals surface area contributed by atoms with Crippen molar-refractivity contribution in [1.29, 1.82) is 0 Å². The molecule has 6 rings (SSSR count). The minimum atomic E-state index is 0.649. The Labute approximate surface area is 318 Å². The first kappa shape index (κ1) is 37.1. The maximum Gasteiger partial charge on any atom is 0.0725 e. The van der Waals surface area contributed by atoms with Gasteiger partial charge in [0.25, 0.3) is 0 Å². The lowest BCUT2D eigenvalue weighted by Crippen LogP contribution is -1.99. The first-order valence-electron chi connectivity index (χ1n) is 18.4. The second-order valence-corrected chi connectivity index (χ2v) is 13.3. The van der Waals surface area contributed by atoms with Gasteiger partial charge in [0.1, 0.15) is 0 Å². The maximum atomic E-state index is 6.71. The number of fused-ring (bicyclic) bond motifs is 6. The molecule has 0 atom stereocenters. The van der Waals surface area contributed by atoms with Crippen LogP contribution < -0.4 is 22.9 Å². The van der Waals surface area contributed by atoms with Gasteiger partial charge in [-0.25, -0.2) is 4.98 Å². The van der Waals surface area contributed by atoms with Crippen molar-refractivity contribution in [3.63, 3.8) is 0 Å². The van der Waals surface area contributed by atoms with Crippen molar-refractivity contribution in [3.8, 4) is 22.5 Å². The Morgan fingerprint density at radius 1 is 0.704 bits per heavy atom. The van der Waals surface area contributed by atoms with E-state index in [9.17, 15) is 0 Å². The lowest BCUT2D eigenvalue weighted by molar-refractivity contribution is 0.837. The number of nitrogens with zero attached hydrogens (tertiary/aromatic N) is 2. The molecule has 270 valence electrons. The molecule has 0 saturated carbocycles. The molecular weight excluding hydrogens is 661 g/mol. The number of nitrogens with two attached hydrogens (primary N) is 4. The highest BCUT2D eigenvalue weighted by Crippen LogP contribution is 2.38. The summed E-state index contributed by atoms with van der Waals surface area (Å²) in [7, 11) is 0. The Balaban J connectivity index is 1.33. The van der Waals surface area contributed by atoms with Crippen LogP contribution in [0.4, 0.5) is 0 Å². The van der Waals surface area contributed by atoms with E-state index in [2.05, 4.69) is 83.8 Å². The molecule has 0 aliphatic heterocycles. The smallest absolute Gasteiger partial charge is 0.0725 e. The van der Waals surface area contributed by atoms with Gasteiger partial charge in [0, 0.05) is 34.9 Å². The molecule has 0 radical (unpaired) electrons. The second kappa shape index (κ2) is 17.7. The molecule has 0 spiro atoms. The third-order valence-corrected chi connectivity index (χ3v) is 9.58. The zero-order valence-electron chi connectivity index (χ0n) is 31.0. The van der Waals surface area contributed by atoms with Crippen molar-refractivity contribution < 1.29 is 0 Å². The van der Waals surface area contributed by atoms with Crippen LogP contribution in [0.3, 0.4) is 0 Å². The molecule has 2 heterocycles. The Morgan fingerprint density at radius 2 is 1.43 bits per heavy atom. The fraction of sp³-hybridized carbons (Fsp3) is 0.125. The van der Waals surface area contributed by atoms with Crippen LogP contribution in [0.2, 0.25) is 0 Å². The van der Waals surface area contributed by atoms with E-state index in [-0.39, 0.29) is 0 Å². The molecule has 0 aliphatic carbocycles. The van der Waals surface area contributed by atoms with Crippen LogP contribution in [0.25, 0.3) is 60.5 Å². The highest BCUT2D eigenvalue weighted by Gasteiger charge is 2.12. The van der Waals surface area contributed by atoms with E-state index in [0.717, 1.165) is 69.3 Å². The van der Waals surface area contributed by atoms with E-state index in [1.807, 2.05) is 80.9 Å². The third-order valence-electron chi connectivity index (χ3n) is 9.58. The molecule has 0 aliphatic rings. The summed E-state index contributed by atoms with van der Waals surface area (Å²) >= 11 is 0. The van der Waals surface area contributed by atoms with E-state index in [0.29, 0.717) is 17.8 Å². The fourth-order valence-electron chi connectivity index (χ4n) is 6.68. The third kappa shape index (κ3) is 8.68. The number of aromatic nitrogens is 2. The first-order chi connectivity index (χ1) is 26.4. The van der Waals surface area contributed by atoms with Crippen molar-refractivity contribution in [2.24, 2.45) is 22.9 Å². The Morgan fingerprint density at radius 3 is 2.17 bits per heavy atom. The van der Waals surface area contributed by atoms with E-state index < -0.39 is 0 Å². The average Bonchev–Trinajstić information content (AvgIpc) is 3.22. The predicted octanol–water partition coefficient (Wildman–Crippen LogP) is 10.5. The number of pyridine rings is 2. The number of unbranched alkanes of at least 4 members (excludes halogenated alkanes) is 1. The average molecular weight is 709 g/mol. The maximum absolute atomic E-state index is 6.71. The molecule has 2 aromatic heterocycles. The van der Waals surface area contributed by atoms with Crippen molar-refractivity contribution in [3.05, 3.63) is 186 Å². The molecule has 0 amide bonds. The van der Waals surface area contributed by atoms with Crippen LogP contribution in [0.5, 0.6) is 0 Å². The summed E-state index contributed by atoms with van der Waals surface area (Å²) in [6, 6.07) is 30.1. The number of hydrogen-bond donors (Lipinski definition) is 4. The number of hydrogen-bond acceptors (Lipinski definition) is 6. The molecule has 0 unspecified atom stereocenters. The summed E-state index contributed by atoms with van der Waals surface area (Å²) in [6.45, 7) is 3.94. The van der Waals surface area contributed by atoms with Crippen molar-refractivity contribution >= 4 is 38.0 Å². The molecule has 6 heteroatoms. The number of allylic oxidation sites excluding steroid dienone is 10. The van der Waals surface area contributed by atoms with Gasteiger partial charge in [-0.3, -0.25) is 4.98 Å². The largest absolute Gasteiger partial charge is 0.405 e.